The Bertz CT molecular complexity index is 1030. The standard InChI is InChI=1S/C27H41N5O5/c1-27(2,3)37-26(33)32-12-10-31(11-13-32)25-21-17-23(36-16-15-34-4)24(18-22(21)29-19-30-25)35-14-8-20-7-5-6-9-28-20/h17-20,28H,5-16H2,1-4H3. The number of aromatic nitrogens is 2. The van der Waals surface area contributed by atoms with Gasteiger partial charge in [0.2, 0.25) is 0 Å². The van der Waals surface area contributed by atoms with Crippen LogP contribution >= 0.6 is 0 Å². The number of carbonyl (C=O) groups excluding carboxylic acids is 1. The lowest BCUT2D eigenvalue weighted by Crippen LogP contribution is -2.50. The Morgan fingerprint density at radius 1 is 1.03 bits per heavy atom. The number of methoxy groups -OCH3 is 1. The minimum atomic E-state index is -0.511. The molecular weight excluding hydrogens is 474 g/mol. The molecule has 0 radical (unpaired) electrons. The normalized spacial score (nSPS) is 18.6. The number of piperazine rings is 1. The minimum Gasteiger partial charge on any atom is -0.490 e. The highest BCUT2D eigenvalue weighted by molar-refractivity contribution is 5.92. The van der Waals surface area contributed by atoms with Crippen LogP contribution in [0.4, 0.5) is 10.6 Å². The van der Waals surface area contributed by atoms with Crippen LogP contribution < -0.4 is 19.7 Å². The van der Waals surface area contributed by atoms with E-state index >= 15 is 0 Å². The molecule has 1 N–H and O–H groups in total. The van der Waals surface area contributed by atoms with Crippen molar-refractivity contribution in [1.29, 1.82) is 0 Å². The molecule has 2 aromatic rings. The third-order valence-corrected chi connectivity index (χ3v) is 6.59. The first kappa shape index (κ1) is 27.2. The minimum absolute atomic E-state index is 0.279. The monoisotopic (exact) mass is 515 g/mol. The molecule has 1 amide bonds. The summed E-state index contributed by atoms with van der Waals surface area (Å²) in [6, 6.07) is 4.41. The van der Waals surface area contributed by atoms with Crippen LogP contribution in [0, 0.1) is 0 Å². The van der Waals surface area contributed by atoms with Crippen molar-refractivity contribution in [3.8, 4) is 11.5 Å². The first-order valence-electron chi connectivity index (χ1n) is 13.3. The lowest BCUT2D eigenvalue weighted by molar-refractivity contribution is 0.0240. The Hall–Kier alpha value is -2.85. The summed E-state index contributed by atoms with van der Waals surface area (Å²) in [4.78, 5) is 25.5. The summed E-state index contributed by atoms with van der Waals surface area (Å²) < 4.78 is 23.0. The van der Waals surface area contributed by atoms with Gasteiger partial charge in [-0.05, 0) is 52.6 Å². The van der Waals surface area contributed by atoms with Crippen molar-refractivity contribution in [3.63, 3.8) is 0 Å². The molecule has 2 aliphatic rings. The summed E-state index contributed by atoms with van der Waals surface area (Å²) in [6.45, 7) is 10.7. The van der Waals surface area contributed by atoms with Crippen LogP contribution in [-0.2, 0) is 9.47 Å². The number of hydrogen-bond acceptors (Lipinski definition) is 9. The van der Waals surface area contributed by atoms with E-state index < -0.39 is 5.60 Å². The largest absolute Gasteiger partial charge is 0.490 e. The summed E-state index contributed by atoms with van der Waals surface area (Å²) in [7, 11) is 1.65. The van der Waals surface area contributed by atoms with Gasteiger partial charge in [-0.25, -0.2) is 14.8 Å². The van der Waals surface area contributed by atoms with Crippen molar-refractivity contribution in [2.24, 2.45) is 0 Å². The molecule has 2 saturated heterocycles. The molecule has 1 atom stereocenters. The molecule has 204 valence electrons. The number of nitrogens with one attached hydrogen (secondary N) is 1. The van der Waals surface area contributed by atoms with Gasteiger partial charge in [-0.15, -0.1) is 0 Å². The van der Waals surface area contributed by atoms with Gasteiger partial charge in [0.25, 0.3) is 0 Å². The van der Waals surface area contributed by atoms with E-state index in [-0.39, 0.29) is 6.09 Å². The van der Waals surface area contributed by atoms with Gasteiger partial charge in [-0.2, -0.15) is 0 Å². The number of piperidine rings is 1. The molecule has 0 bridgehead atoms. The maximum absolute atomic E-state index is 12.5. The number of anilines is 1. The molecule has 1 unspecified atom stereocenters. The fourth-order valence-electron chi connectivity index (χ4n) is 4.67. The van der Waals surface area contributed by atoms with E-state index in [1.807, 2.05) is 32.9 Å². The first-order chi connectivity index (χ1) is 17.8. The van der Waals surface area contributed by atoms with Gasteiger partial charge in [-0.3, -0.25) is 0 Å². The van der Waals surface area contributed by atoms with Gasteiger partial charge < -0.3 is 34.1 Å². The van der Waals surface area contributed by atoms with Gasteiger partial charge >= 0.3 is 6.09 Å². The highest BCUT2D eigenvalue weighted by atomic mass is 16.6. The van der Waals surface area contributed by atoms with Crippen molar-refractivity contribution >= 4 is 22.8 Å². The van der Waals surface area contributed by atoms with Crippen LogP contribution in [-0.4, -0.2) is 92.3 Å². The zero-order valence-corrected chi connectivity index (χ0v) is 22.6. The lowest BCUT2D eigenvalue weighted by Gasteiger charge is -2.36. The van der Waals surface area contributed by atoms with E-state index in [4.69, 9.17) is 18.9 Å². The average molecular weight is 516 g/mol. The second-order valence-electron chi connectivity index (χ2n) is 10.6. The van der Waals surface area contributed by atoms with Crippen LogP contribution in [0.2, 0.25) is 0 Å². The second kappa shape index (κ2) is 12.6. The third kappa shape index (κ3) is 7.58. The maximum atomic E-state index is 12.5. The summed E-state index contributed by atoms with van der Waals surface area (Å²) in [5.41, 5.74) is 0.285. The smallest absolute Gasteiger partial charge is 0.410 e. The number of ether oxygens (including phenoxy) is 4. The van der Waals surface area contributed by atoms with Crippen LogP contribution in [0.5, 0.6) is 11.5 Å². The fourth-order valence-corrected chi connectivity index (χ4v) is 4.67. The van der Waals surface area contributed by atoms with E-state index in [0.717, 1.165) is 29.7 Å². The van der Waals surface area contributed by atoms with Gasteiger partial charge in [0.15, 0.2) is 11.5 Å². The number of benzene rings is 1. The summed E-state index contributed by atoms with van der Waals surface area (Å²) in [5, 5.41) is 4.46. The first-order valence-corrected chi connectivity index (χ1v) is 13.3. The van der Waals surface area contributed by atoms with E-state index in [9.17, 15) is 4.79 Å². The zero-order valence-electron chi connectivity index (χ0n) is 22.6. The Labute approximate surface area is 219 Å². The molecule has 0 aliphatic carbocycles. The Morgan fingerprint density at radius 3 is 2.49 bits per heavy atom. The van der Waals surface area contributed by atoms with Gasteiger partial charge in [0, 0.05) is 50.8 Å². The van der Waals surface area contributed by atoms with E-state index in [0.29, 0.717) is 63.5 Å². The Balaban J connectivity index is 1.48. The summed E-state index contributed by atoms with van der Waals surface area (Å²) in [5.74, 6) is 2.16. The van der Waals surface area contributed by atoms with Crippen molar-refractivity contribution in [2.45, 2.75) is 58.1 Å². The third-order valence-electron chi connectivity index (χ3n) is 6.59. The van der Waals surface area contributed by atoms with Crippen LogP contribution in [0.3, 0.4) is 0 Å². The average Bonchev–Trinajstić information content (AvgIpc) is 2.88. The van der Waals surface area contributed by atoms with Crippen LogP contribution in [0.1, 0.15) is 46.5 Å². The molecule has 0 spiro atoms. The van der Waals surface area contributed by atoms with E-state index in [2.05, 4.69) is 20.2 Å². The zero-order chi connectivity index (χ0) is 26.3. The maximum Gasteiger partial charge on any atom is 0.410 e. The number of nitrogens with zero attached hydrogens (tertiary/aromatic N) is 4. The fraction of sp³-hybridized carbons (Fsp3) is 0.667. The van der Waals surface area contributed by atoms with Crippen LogP contribution in [0.15, 0.2) is 18.5 Å². The molecule has 4 rings (SSSR count). The van der Waals surface area contributed by atoms with Crippen molar-refractivity contribution in [1.82, 2.24) is 20.2 Å². The number of rotatable bonds is 9. The molecular formula is C27H41N5O5. The highest BCUT2D eigenvalue weighted by Crippen LogP contribution is 2.36. The lowest BCUT2D eigenvalue weighted by atomic mass is 10.0. The molecule has 10 nitrogen and oxygen atoms in total. The van der Waals surface area contributed by atoms with Crippen molar-refractivity contribution in [3.05, 3.63) is 18.5 Å². The highest BCUT2D eigenvalue weighted by Gasteiger charge is 2.27. The molecule has 1 aromatic heterocycles. The molecule has 10 heteroatoms. The molecule has 3 heterocycles. The second-order valence-corrected chi connectivity index (χ2v) is 10.6. The van der Waals surface area contributed by atoms with Gasteiger partial charge in [0.05, 0.1) is 18.7 Å². The number of hydrogen-bond donors (Lipinski definition) is 1. The quantitative estimate of drug-likeness (QED) is 0.502. The van der Waals surface area contributed by atoms with Gasteiger partial charge in [-0.1, -0.05) is 6.42 Å². The Morgan fingerprint density at radius 2 is 1.78 bits per heavy atom. The molecule has 1 aromatic carbocycles. The van der Waals surface area contributed by atoms with E-state index in [1.165, 1.54) is 19.3 Å². The Kier molecular flexibility index (Phi) is 9.26. The number of fused-ring (bicyclic) bond motifs is 1. The summed E-state index contributed by atoms with van der Waals surface area (Å²) in [6.07, 6.45) is 5.96. The molecule has 2 aliphatic heterocycles. The number of carbonyl (C=O) groups is 1. The van der Waals surface area contributed by atoms with Crippen molar-refractivity contribution < 1.29 is 23.7 Å². The molecule has 0 saturated carbocycles. The van der Waals surface area contributed by atoms with Gasteiger partial charge in [0.1, 0.15) is 24.4 Å². The molecule has 37 heavy (non-hydrogen) atoms. The van der Waals surface area contributed by atoms with Crippen molar-refractivity contribution in [2.75, 3.05) is 64.6 Å². The summed E-state index contributed by atoms with van der Waals surface area (Å²) >= 11 is 0. The SMILES string of the molecule is COCCOc1cc2c(N3CCN(C(=O)OC(C)(C)C)CC3)ncnc2cc1OCCC1CCCCN1. The topological polar surface area (TPSA) is 98.3 Å². The predicted molar refractivity (Wildman–Crippen MR) is 143 cm³/mol. The number of amides is 1. The van der Waals surface area contributed by atoms with E-state index in [1.54, 1.807) is 18.3 Å². The van der Waals surface area contributed by atoms with Crippen LogP contribution in [0.25, 0.3) is 10.9 Å². The molecule has 2 fully saturated rings. The predicted octanol–water partition coefficient (Wildman–Crippen LogP) is 3.62.